The van der Waals surface area contributed by atoms with Crippen molar-refractivity contribution in [3.63, 3.8) is 0 Å². The van der Waals surface area contributed by atoms with Crippen LogP contribution < -0.4 is 9.47 Å². The molecule has 0 spiro atoms. The molecule has 0 aliphatic carbocycles. The van der Waals surface area contributed by atoms with E-state index in [-0.39, 0.29) is 11.5 Å². The summed E-state index contributed by atoms with van der Waals surface area (Å²) in [6.45, 7) is 4.14. The van der Waals surface area contributed by atoms with Gasteiger partial charge in [-0.05, 0) is 60.4 Å². The number of benzene rings is 3. The number of carbonyl (C=O) groups excluding carboxylic acids is 1. The first-order chi connectivity index (χ1) is 16.4. The lowest BCUT2D eigenvalue weighted by molar-refractivity contribution is -0.131. The van der Waals surface area contributed by atoms with Crippen LogP contribution in [-0.2, 0) is 24.4 Å². The van der Waals surface area contributed by atoms with Gasteiger partial charge in [0.2, 0.25) is 0 Å². The van der Waals surface area contributed by atoms with Crippen LogP contribution in [-0.4, -0.2) is 22.0 Å². The Bertz CT molecular complexity index is 1180. The molecule has 6 heteroatoms. The Kier molecular flexibility index (Phi) is 8.46. The number of Topliss-reactive ketones (excluding diaryl/α,β-unsaturated/α-hetero) is 1. The average Bonchev–Trinajstić information content (AvgIpc) is 2.82. The predicted octanol–water partition coefficient (Wildman–Crippen LogP) is 5.80. The van der Waals surface area contributed by atoms with Crippen molar-refractivity contribution in [1.29, 1.82) is 0 Å². The third-order valence-corrected chi connectivity index (χ3v) is 5.22. The van der Waals surface area contributed by atoms with Gasteiger partial charge in [0.05, 0.1) is 5.56 Å². The molecule has 3 aromatic carbocycles. The number of carboxylic acids is 1. The molecule has 176 valence electrons. The highest BCUT2D eigenvalue weighted by molar-refractivity contribution is 5.97. The summed E-state index contributed by atoms with van der Waals surface area (Å²) in [6, 6.07) is 18.4. The molecule has 0 aromatic heterocycles. The minimum absolute atomic E-state index is 0.00173. The number of carboxylic acid groups (broad SMARTS) is 1. The SMILES string of the molecule is CCCc1c(OCc2ccc(COc3cccc(/C=C/C(=O)O)c3)cc2)ccc(C(C)=O)c1O. The third kappa shape index (κ3) is 6.72. The molecule has 0 amide bonds. The summed E-state index contributed by atoms with van der Waals surface area (Å²) in [4.78, 5) is 22.4. The molecule has 0 unspecified atom stereocenters. The number of phenols is 1. The Morgan fingerprint density at radius 2 is 1.62 bits per heavy atom. The molecule has 0 saturated heterocycles. The maximum atomic E-state index is 11.7. The van der Waals surface area contributed by atoms with Crippen molar-refractivity contribution < 1.29 is 29.3 Å². The van der Waals surface area contributed by atoms with Gasteiger partial charge in [0.25, 0.3) is 0 Å². The fourth-order valence-corrected chi connectivity index (χ4v) is 3.46. The van der Waals surface area contributed by atoms with Crippen molar-refractivity contribution in [3.8, 4) is 17.2 Å². The van der Waals surface area contributed by atoms with E-state index in [4.69, 9.17) is 14.6 Å². The minimum Gasteiger partial charge on any atom is -0.507 e. The van der Waals surface area contributed by atoms with Gasteiger partial charge in [-0.25, -0.2) is 4.79 Å². The molecule has 0 radical (unpaired) electrons. The Morgan fingerprint density at radius 3 is 2.24 bits per heavy atom. The van der Waals surface area contributed by atoms with Gasteiger partial charge in [-0.1, -0.05) is 49.7 Å². The quantitative estimate of drug-likeness (QED) is 0.277. The molecule has 0 aliphatic rings. The van der Waals surface area contributed by atoms with Crippen LogP contribution in [0.2, 0.25) is 0 Å². The highest BCUT2D eigenvalue weighted by atomic mass is 16.5. The highest BCUT2D eigenvalue weighted by Crippen LogP contribution is 2.33. The van der Waals surface area contributed by atoms with Crippen molar-refractivity contribution in [1.82, 2.24) is 0 Å². The highest BCUT2D eigenvalue weighted by Gasteiger charge is 2.16. The number of aliphatic carboxylic acids is 1. The first-order valence-corrected chi connectivity index (χ1v) is 11.1. The second kappa shape index (κ2) is 11.7. The molecular weight excluding hydrogens is 432 g/mol. The van der Waals surface area contributed by atoms with E-state index in [2.05, 4.69) is 0 Å². The van der Waals surface area contributed by atoms with Crippen LogP contribution in [0.1, 0.15) is 52.9 Å². The van der Waals surface area contributed by atoms with E-state index in [9.17, 15) is 14.7 Å². The van der Waals surface area contributed by atoms with Gasteiger partial charge in [-0.15, -0.1) is 0 Å². The van der Waals surface area contributed by atoms with Gasteiger partial charge in [-0.3, -0.25) is 4.79 Å². The lowest BCUT2D eigenvalue weighted by Gasteiger charge is -2.15. The fraction of sp³-hybridized carbons (Fsp3) is 0.214. The van der Waals surface area contributed by atoms with Crippen LogP contribution in [0.15, 0.2) is 66.7 Å². The molecule has 0 saturated carbocycles. The summed E-state index contributed by atoms with van der Waals surface area (Å²) in [7, 11) is 0. The molecule has 3 rings (SSSR count). The van der Waals surface area contributed by atoms with E-state index in [1.807, 2.05) is 43.3 Å². The van der Waals surface area contributed by atoms with Crippen LogP contribution in [0.5, 0.6) is 17.2 Å². The van der Waals surface area contributed by atoms with Crippen LogP contribution in [0.4, 0.5) is 0 Å². The summed E-state index contributed by atoms with van der Waals surface area (Å²) in [5.41, 5.74) is 3.65. The standard InChI is InChI=1S/C28H28O6/c1-3-5-25-26(14-13-24(19(2)29)28(25)32)34-18-22-10-8-21(9-11-22)17-33-23-7-4-6-20(16-23)12-15-27(30)31/h4,6-16,32H,3,5,17-18H2,1-2H3,(H,30,31)/b15-12+. The maximum absolute atomic E-state index is 11.7. The molecular formula is C28H28O6. The van der Waals surface area contributed by atoms with Crippen LogP contribution in [0, 0.1) is 0 Å². The van der Waals surface area contributed by atoms with Gasteiger partial charge in [0.15, 0.2) is 5.78 Å². The summed E-state index contributed by atoms with van der Waals surface area (Å²) in [5.74, 6) is 0.0530. The van der Waals surface area contributed by atoms with E-state index >= 15 is 0 Å². The third-order valence-electron chi connectivity index (χ3n) is 5.22. The summed E-state index contributed by atoms with van der Waals surface area (Å²) < 4.78 is 11.8. The van der Waals surface area contributed by atoms with E-state index in [0.29, 0.717) is 42.3 Å². The number of ketones is 1. The summed E-state index contributed by atoms with van der Waals surface area (Å²) in [5, 5.41) is 19.2. The molecule has 0 aliphatic heterocycles. The Balaban J connectivity index is 1.61. The molecule has 6 nitrogen and oxygen atoms in total. The summed E-state index contributed by atoms with van der Waals surface area (Å²) >= 11 is 0. The lowest BCUT2D eigenvalue weighted by atomic mass is 10.0. The zero-order valence-corrected chi connectivity index (χ0v) is 19.3. The number of rotatable bonds is 11. The second-order valence-electron chi connectivity index (χ2n) is 7.88. The first-order valence-electron chi connectivity index (χ1n) is 11.1. The number of phenolic OH excluding ortho intramolecular Hbond substituents is 1. The van der Waals surface area contributed by atoms with Gasteiger partial charge >= 0.3 is 5.97 Å². The number of hydrogen-bond acceptors (Lipinski definition) is 5. The van der Waals surface area contributed by atoms with E-state index < -0.39 is 5.97 Å². The van der Waals surface area contributed by atoms with Gasteiger partial charge in [0.1, 0.15) is 30.5 Å². The average molecular weight is 461 g/mol. The first kappa shape index (κ1) is 24.6. The number of aromatic hydroxyl groups is 1. The largest absolute Gasteiger partial charge is 0.507 e. The smallest absolute Gasteiger partial charge is 0.328 e. The van der Waals surface area contributed by atoms with Crippen molar-refractivity contribution in [2.45, 2.75) is 39.9 Å². The zero-order valence-electron chi connectivity index (χ0n) is 19.3. The van der Waals surface area contributed by atoms with Crippen LogP contribution >= 0.6 is 0 Å². The van der Waals surface area contributed by atoms with Crippen LogP contribution in [0.25, 0.3) is 6.08 Å². The van der Waals surface area contributed by atoms with Crippen molar-refractivity contribution in [3.05, 3.63) is 94.6 Å². The molecule has 0 bridgehead atoms. The van der Waals surface area contributed by atoms with E-state index in [0.717, 1.165) is 29.2 Å². The van der Waals surface area contributed by atoms with E-state index in [1.54, 1.807) is 24.3 Å². The number of ether oxygens (including phenoxy) is 2. The molecule has 0 fully saturated rings. The molecule has 34 heavy (non-hydrogen) atoms. The Morgan fingerprint density at radius 1 is 0.941 bits per heavy atom. The predicted molar refractivity (Wildman–Crippen MR) is 130 cm³/mol. The number of carbonyl (C=O) groups is 2. The number of hydrogen-bond donors (Lipinski definition) is 2. The van der Waals surface area contributed by atoms with Gasteiger partial charge in [0, 0.05) is 11.6 Å². The lowest BCUT2D eigenvalue weighted by Crippen LogP contribution is -2.03. The molecule has 0 atom stereocenters. The normalized spacial score (nSPS) is 10.9. The zero-order chi connectivity index (χ0) is 24.5. The minimum atomic E-state index is -0.998. The van der Waals surface area contributed by atoms with Crippen molar-refractivity contribution in [2.24, 2.45) is 0 Å². The van der Waals surface area contributed by atoms with Gasteiger partial charge < -0.3 is 19.7 Å². The maximum Gasteiger partial charge on any atom is 0.328 e. The summed E-state index contributed by atoms with van der Waals surface area (Å²) in [6.07, 6.45) is 4.04. The second-order valence-corrected chi connectivity index (χ2v) is 7.88. The molecule has 2 N–H and O–H groups in total. The topological polar surface area (TPSA) is 93.1 Å². The van der Waals surface area contributed by atoms with Crippen LogP contribution in [0.3, 0.4) is 0 Å². The molecule has 0 heterocycles. The van der Waals surface area contributed by atoms with Crippen molar-refractivity contribution >= 4 is 17.8 Å². The van der Waals surface area contributed by atoms with E-state index in [1.165, 1.54) is 13.0 Å². The monoisotopic (exact) mass is 460 g/mol. The van der Waals surface area contributed by atoms with Gasteiger partial charge in [-0.2, -0.15) is 0 Å². The fourth-order valence-electron chi connectivity index (χ4n) is 3.46. The molecule has 3 aromatic rings. The Labute approximate surface area is 199 Å². The van der Waals surface area contributed by atoms with Crippen molar-refractivity contribution in [2.75, 3.05) is 0 Å². The Hall–Kier alpha value is -4.06.